The lowest BCUT2D eigenvalue weighted by Crippen LogP contribution is -2.00. The highest BCUT2D eigenvalue weighted by atomic mass is 16.5. The van der Waals surface area contributed by atoms with Crippen molar-refractivity contribution < 1.29 is 4.74 Å². The van der Waals surface area contributed by atoms with Crippen LogP contribution in [0.15, 0.2) is 42.6 Å². The Hall–Kier alpha value is -2.03. The molecule has 1 aromatic carbocycles. The van der Waals surface area contributed by atoms with Gasteiger partial charge in [0, 0.05) is 11.8 Å². The van der Waals surface area contributed by atoms with Crippen LogP contribution in [0.3, 0.4) is 0 Å². The monoisotopic (exact) mass is 242 g/mol. The topological polar surface area (TPSA) is 48.1 Å². The van der Waals surface area contributed by atoms with Crippen molar-refractivity contribution in [3.8, 4) is 5.75 Å². The SMILES string of the molecule is CC(C)c1ccccc1OCc1ccc(N)nc1. The molecule has 3 heteroatoms. The first-order chi connectivity index (χ1) is 8.66. The molecule has 0 atom stereocenters. The quantitative estimate of drug-likeness (QED) is 0.894. The molecule has 0 saturated carbocycles. The molecule has 0 amide bonds. The zero-order valence-corrected chi connectivity index (χ0v) is 10.8. The number of hydrogen-bond acceptors (Lipinski definition) is 3. The molecule has 0 unspecified atom stereocenters. The van der Waals surface area contributed by atoms with Gasteiger partial charge in [0.25, 0.3) is 0 Å². The fourth-order valence-electron chi connectivity index (χ4n) is 1.77. The molecule has 1 aromatic heterocycles. The highest BCUT2D eigenvalue weighted by Gasteiger charge is 2.06. The summed E-state index contributed by atoms with van der Waals surface area (Å²) in [6.45, 7) is 4.83. The summed E-state index contributed by atoms with van der Waals surface area (Å²) in [5, 5.41) is 0. The Kier molecular flexibility index (Phi) is 3.82. The summed E-state index contributed by atoms with van der Waals surface area (Å²) in [7, 11) is 0. The van der Waals surface area contributed by atoms with E-state index in [1.54, 1.807) is 12.3 Å². The molecule has 0 bridgehead atoms. The van der Waals surface area contributed by atoms with E-state index in [2.05, 4.69) is 24.9 Å². The molecule has 1 heterocycles. The minimum absolute atomic E-state index is 0.450. The van der Waals surface area contributed by atoms with E-state index in [-0.39, 0.29) is 0 Å². The van der Waals surface area contributed by atoms with Crippen molar-refractivity contribution in [2.75, 3.05) is 5.73 Å². The molecule has 0 spiro atoms. The van der Waals surface area contributed by atoms with Crippen molar-refractivity contribution in [3.63, 3.8) is 0 Å². The van der Waals surface area contributed by atoms with Crippen molar-refractivity contribution in [2.24, 2.45) is 0 Å². The van der Waals surface area contributed by atoms with Gasteiger partial charge in [-0.25, -0.2) is 4.98 Å². The molecule has 0 fully saturated rings. The zero-order valence-electron chi connectivity index (χ0n) is 10.8. The predicted octanol–water partition coefficient (Wildman–Crippen LogP) is 3.37. The van der Waals surface area contributed by atoms with Crippen LogP contribution in [0.1, 0.15) is 30.9 Å². The van der Waals surface area contributed by atoms with Gasteiger partial charge in [-0.2, -0.15) is 0 Å². The molecule has 0 aliphatic heterocycles. The van der Waals surface area contributed by atoms with E-state index in [9.17, 15) is 0 Å². The second-order valence-electron chi connectivity index (χ2n) is 4.57. The summed E-state index contributed by atoms with van der Waals surface area (Å²) in [4.78, 5) is 4.05. The third-order valence-electron chi connectivity index (χ3n) is 2.78. The third kappa shape index (κ3) is 3.00. The van der Waals surface area contributed by atoms with Crippen LogP contribution >= 0.6 is 0 Å². The second kappa shape index (κ2) is 5.54. The van der Waals surface area contributed by atoms with Gasteiger partial charge in [-0.05, 0) is 23.6 Å². The highest BCUT2D eigenvalue weighted by molar-refractivity contribution is 5.36. The maximum Gasteiger partial charge on any atom is 0.123 e. The summed E-state index contributed by atoms with van der Waals surface area (Å²) in [5.74, 6) is 1.91. The smallest absolute Gasteiger partial charge is 0.123 e. The molecule has 0 radical (unpaired) electrons. The number of nitrogens with zero attached hydrogens (tertiary/aromatic N) is 1. The summed E-state index contributed by atoms with van der Waals surface area (Å²) in [6.07, 6.45) is 1.74. The van der Waals surface area contributed by atoms with E-state index < -0.39 is 0 Å². The third-order valence-corrected chi connectivity index (χ3v) is 2.78. The predicted molar refractivity (Wildman–Crippen MR) is 73.5 cm³/mol. The van der Waals surface area contributed by atoms with Gasteiger partial charge >= 0.3 is 0 Å². The van der Waals surface area contributed by atoms with Crippen molar-refractivity contribution in [1.82, 2.24) is 4.98 Å². The second-order valence-corrected chi connectivity index (χ2v) is 4.57. The number of benzene rings is 1. The van der Waals surface area contributed by atoms with Gasteiger partial charge in [0.2, 0.25) is 0 Å². The Balaban J connectivity index is 2.08. The fourth-order valence-corrected chi connectivity index (χ4v) is 1.77. The van der Waals surface area contributed by atoms with E-state index in [0.29, 0.717) is 18.3 Å². The molecule has 3 nitrogen and oxygen atoms in total. The molecular weight excluding hydrogens is 224 g/mol. The number of para-hydroxylation sites is 1. The lowest BCUT2D eigenvalue weighted by atomic mass is 10.0. The molecule has 2 N–H and O–H groups in total. The number of hydrogen-bond donors (Lipinski definition) is 1. The van der Waals surface area contributed by atoms with Gasteiger partial charge in [-0.3, -0.25) is 0 Å². The molecule has 18 heavy (non-hydrogen) atoms. The first kappa shape index (κ1) is 12.4. The summed E-state index contributed by atoms with van der Waals surface area (Å²) in [5.41, 5.74) is 7.79. The maximum atomic E-state index is 5.84. The van der Waals surface area contributed by atoms with Crippen LogP contribution in [0.25, 0.3) is 0 Å². The average molecular weight is 242 g/mol. The lowest BCUT2D eigenvalue weighted by molar-refractivity contribution is 0.301. The first-order valence-corrected chi connectivity index (χ1v) is 6.09. The van der Waals surface area contributed by atoms with E-state index in [4.69, 9.17) is 10.5 Å². The van der Waals surface area contributed by atoms with E-state index in [0.717, 1.165) is 11.3 Å². The van der Waals surface area contributed by atoms with E-state index >= 15 is 0 Å². The van der Waals surface area contributed by atoms with Gasteiger partial charge in [-0.15, -0.1) is 0 Å². The normalized spacial score (nSPS) is 10.6. The van der Waals surface area contributed by atoms with Crippen LogP contribution in [0.4, 0.5) is 5.82 Å². The zero-order chi connectivity index (χ0) is 13.0. The summed E-state index contributed by atoms with van der Waals surface area (Å²) < 4.78 is 5.84. The highest BCUT2D eigenvalue weighted by Crippen LogP contribution is 2.26. The molecule has 0 saturated heterocycles. The number of aromatic nitrogens is 1. The van der Waals surface area contributed by atoms with Crippen LogP contribution < -0.4 is 10.5 Å². The number of nitrogen functional groups attached to an aromatic ring is 1. The van der Waals surface area contributed by atoms with Gasteiger partial charge in [0.1, 0.15) is 18.2 Å². The number of anilines is 1. The van der Waals surface area contributed by atoms with Crippen molar-refractivity contribution in [1.29, 1.82) is 0 Å². The number of pyridine rings is 1. The van der Waals surface area contributed by atoms with Crippen LogP contribution in [-0.4, -0.2) is 4.98 Å². The van der Waals surface area contributed by atoms with Crippen LogP contribution in [0.2, 0.25) is 0 Å². The Morgan fingerprint density at radius 3 is 2.61 bits per heavy atom. The molecule has 0 aliphatic rings. The molecular formula is C15H18N2O. The van der Waals surface area contributed by atoms with Gasteiger partial charge in [0.05, 0.1) is 0 Å². The molecule has 0 aliphatic carbocycles. The minimum Gasteiger partial charge on any atom is -0.489 e. The number of rotatable bonds is 4. The van der Waals surface area contributed by atoms with Crippen LogP contribution in [0, 0.1) is 0 Å². The minimum atomic E-state index is 0.450. The fraction of sp³-hybridized carbons (Fsp3) is 0.267. The summed E-state index contributed by atoms with van der Waals surface area (Å²) >= 11 is 0. The lowest BCUT2D eigenvalue weighted by Gasteiger charge is -2.13. The van der Waals surface area contributed by atoms with E-state index in [1.165, 1.54) is 5.56 Å². The van der Waals surface area contributed by atoms with Gasteiger partial charge < -0.3 is 10.5 Å². The largest absolute Gasteiger partial charge is 0.489 e. The Morgan fingerprint density at radius 1 is 1.17 bits per heavy atom. The summed E-state index contributed by atoms with van der Waals surface area (Å²) in [6, 6.07) is 11.8. The first-order valence-electron chi connectivity index (χ1n) is 6.09. The number of nitrogens with two attached hydrogens (primary N) is 1. The van der Waals surface area contributed by atoms with Crippen LogP contribution in [0.5, 0.6) is 5.75 Å². The number of ether oxygens (including phenoxy) is 1. The molecule has 2 rings (SSSR count). The van der Waals surface area contributed by atoms with Gasteiger partial charge in [-0.1, -0.05) is 38.1 Å². The Bertz CT molecular complexity index is 506. The standard InChI is InChI=1S/C15H18N2O/c1-11(2)13-5-3-4-6-14(13)18-10-12-7-8-15(16)17-9-12/h3-9,11H,10H2,1-2H3,(H2,16,17). The van der Waals surface area contributed by atoms with Crippen molar-refractivity contribution in [2.45, 2.75) is 26.4 Å². The Labute approximate surface area is 108 Å². The van der Waals surface area contributed by atoms with E-state index in [1.807, 2.05) is 24.3 Å². The average Bonchev–Trinajstić information content (AvgIpc) is 2.38. The molecule has 94 valence electrons. The van der Waals surface area contributed by atoms with Gasteiger partial charge in [0.15, 0.2) is 0 Å². The van der Waals surface area contributed by atoms with Crippen molar-refractivity contribution in [3.05, 3.63) is 53.7 Å². The van der Waals surface area contributed by atoms with Crippen molar-refractivity contribution >= 4 is 5.82 Å². The van der Waals surface area contributed by atoms with Crippen LogP contribution in [-0.2, 0) is 6.61 Å². The molecule has 2 aromatic rings. The Morgan fingerprint density at radius 2 is 1.94 bits per heavy atom. The maximum absolute atomic E-state index is 5.84.